The van der Waals surface area contributed by atoms with Gasteiger partial charge in [0.25, 0.3) is 0 Å². The molecular formula is C9H15ClN2O3S. The molecule has 0 rings (SSSR count). The van der Waals surface area contributed by atoms with Gasteiger partial charge in [-0.05, 0) is 18.4 Å². The summed E-state index contributed by atoms with van der Waals surface area (Å²) in [5.74, 6) is -0.351. The van der Waals surface area contributed by atoms with Crippen LogP contribution >= 0.6 is 23.4 Å². The molecule has 16 heavy (non-hydrogen) atoms. The van der Waals surface area contributed by atoms with Gasteiger partial charge in [0.15, 0.2) is 0 Å². The SMILES string of the molecule is CSCCC(NC(=O)NC/C=C/Cl)C(=O)O. The van der Waals surface area contributed by atoms with Crippen LogP contribution in [0.1, 0.15) is 6.42 Å². The van der Waals surface area contributed by atoms with Gasteiger partial charge in [-0.2, -0.15) is 11.8 Å². The number of urea groups is 1. The number of aliphatic carboxylic acids is 1. The van der Waals surface area contributed by atoms with Crippen LogP contribution in [-0.4, -0.2) is 41.7 Å². The number of hydrogen-bond acceptors (Lipinski definition) is 3. The summed E-state index contributed by atoms with van der Waals surface area (Å²) in [7, 11) is 0. The third-order valence-corrected chi connectivity index (χ3v) is 2.51. The van der Waals surface area contributed by atoms with Crippen molar-refractivity contribution in [3.8, 4) is 0 Å². The van der Waals surface area contributed by atoms with Gasteiger partial charge in [0.2, 0.25) is 0 Å². The average Bonchev–Trinajstić information content (AvgIpc) is 2.24. The van der Waals surface area contributed by atoms with Gasteiger partial charge < -0.3 is 15.7 Å². The maximum absolute atomic E-state index is 11.2. The van der Waals surface area contributed by atoms with E-state index < -0.39 is 18.0 Å². The first kappa shape index (κ1) is 15.1. The third kappa shape index (κ3) is 7.42. The van der Waals surface area contributed by atoms with Crippen molar-refractivity contribution in [1.82, 2.24) is 10.6 Å². The number of thioether (sulfide) groups is 1. The Labute approximate surface area is 104 Å². The van der Waals surface area contributed by atoms with Crippen LogP contribution in [0.25, 0.3) is 0 Å². The number of rotatable bonds is 7. The summed E-state index contributed by atoms with van der Waals surface area (Å²) in [4.78, 5) is 22.0. The van der Waals surface area contributed by atoms with Crippen LogP contribution in [0.5, 0.6) is 0 Å². The van der Waals surface area contributed by atoms with Gasteiger partial charge in [-0.25, -0.2) is 9.59 Å². The second-order valence-electron chi connectivity index (χ2n) is 2.89. The molecule has 92 valence electrons. The molecule has 5 nitrogen and oxygen atoms in total. The highest BCUT2D eigenvalue weighted by atomic mass is 35.5. The van der Waals surface area contributed by atoms with Crippen LogP contribution in [0.3, 0.4) is 0 Å². The van der Waals surface area contributed by atoms with E-state index in [1.807, 2.05) is 6.26 Å². The number of nitrogens with one attached hydrogen (secondary N) is 2. The molecule has 7 heteroatoms. The minimum Gasteiger partial charge on any atom is -0.480 e. The van der Waals surface area contributed by atoms with Gasteiger partial charge in [-0.15, -0.1) is 0 Å². The zero-order chi connectivity index (χ0) is 12.4. The van der Waals surface area contributed by atoms with Crippen LogP contribution < -0.4 is 10.6 Å². The molecule has 1 atom stereocenters. The van der Waals surface area contributed by atoms with Gasteiger partial charge in [-0.3, -0.25) is 0 Å². The Morgan fingerprint density at radius 2 is 2.25 bits per heavy atom. The van der Waals surface area contributed by atoms with Crippen LogP contribution in [0.4, 0.5) is 4.79 Å². The second kappa shape index (κ2) is 9.35. The van der Waals surface area contributed by atoms with Gasteiger partial charge in [-0.1, -0.05) is 17.7 Å². The second-order valence-corrected chi connectivity index (χ2v) is 4.13. The van der Waals surface area contributed by atoms with Crippen molar-refractivity contribution in [2.24, 2.45) is 0 Å². The van der Waals surface area contributed by atoms with Gasteiger partial charge >= 0.3 is 12.0 Å². The van der Waals surface area contributed by atoms with E-state index in [4.69, 9.17) is 16.7 Å². The predicted molar refractivity (Wildman–Crippen MR) is 66.0 cm³/mol. The molecule has 0 aliphatic heterocycles. The molecule has 0 aromatic rings. The summed E-state index contributed by atoms with van der Waals surface area (Å²) in [6.07, 6.45) is 3.82. The molecule has 0 saturated heterocycles. The van der Waals surface area contributed by atoms with Crippen molar-refractivity contribution in [3.05, 3.63) is 11.6 Å². The standard InChI is InChI=1S/C9H15ClN2O3S/c1-16-6-3-7(8(13)14)12-9(15)11-5-2-4-10/h2,4,7H,3,5-6H2,1H3,(H,13,14)(H2,11,12,15)/b4-2+. The smallest absolute Gasteiger partial charge is 0.326 e. The maximum Gasteiger partial charge on any atom is 0.326 e. The summed E-state index contributed by atoms with van der Waals surface area (Å²) in [6.45, 7) is 0.268. The first-order valence-electron chi connectivity index (χ1n) is 4.63. The van der Waals surface area contributed by atoms with Crippen LogP contribution in [0, 0.1) is 0 Å². The average molecular weight is 267 g/mol. The van der Waals surface area contributed by atoms with E-state index >= 15 is 0 Å². The molecule has 0 fully saturated rings. The van der Waals surface area contributed by atoms with Crippen LogP contribution in [-0.2, 0) is 4.79 Å². The van der Waals surface area contributed by atoms with E-state index in [0.717, 1.165) is 0 Å². The monoisotopic (exact) mass is 266 g/mol. The van der Waals surface area contributed by atoms with Gasteiger partial charge in [0.1, 0.15) is 6.04 Å². The molecule has 0 radical (unpaired) electrons. The van der Waals surface area contributed by atoms with Crippen molar-refractivity contribution < 1.29 is 14.7 Å². The first-order chi connectivity index (χ1) is 7.61. The zero-order valence-corrected chi connectivity index (χ0v) is 10.5. The molecular weight excluding hydrogens is 252 g/mol. The quantitative estimate of drug-likeness (QED) is 0.648. The van der Waals surface area contributed by atoms with E-state index in [1.54, 1.807) is 6.08 Å². The van der Waals surface area contributed by atoms with Gasteiger partial charge in [0.05, 0.1) is 0 Å². The van der Waals surface area contributed by atoms with E-state index in [1.165, 1.54) is 17.3 Å². The van der Waals surface area contributed by atoms with Crippen molar-refractivity contribution in [2.75, 3.05) is 18.6 Å². The molecule has 0 heterocycles. The lowest BCUT2D eigenvalue weighted by Crippen LogP contribution is -2.46. The predicted octanol–water partition coefficient (Wildman–Crippen LogP) is 1.24. The summed E-state index contributed by atoms with van der Waals surface area (Å²) in [5.41, 5.74) is 1.28. The number of carboxylic acid groups (broad SMARTS) is 1. The van der Waals surface area contributed by atoms with E-state index in [0.29, 0.717) is 12.2 Å². The summed E-state index contributed by atoms with van der Waals surface area (Å²) < 4.78 is 0. The summed E-state index contributed by atoms with van der Waals surface area (Å²) in [5, 5.41) is 13.7. The number of carbonyl (C=O) groups excluding carboxylic acids is 1. The van der Waals surface area contributed by atoms with Crippen molar-refractivity contribution in [2.45, 2.75) is 12.5 Å². The topological polar surface area (TPSA) is 78.4 Å². The molecule has 0 aromatic heterocycles. The first-order valence-corrected chi connectivity index (χ1v) is 6.46. The van der Waals surface area contributed by atoms with Crippen molar-refractivity contribution in [1.29, 1.82) is 0 Å². The molecule has 0 saturated carbocycles. The van der Waals surface area contributed by atoms with Crippen molar-refractivity contribution >= 4 is 35.4 Å². The number of hydrogen-bond donors (Lipinski definition) is 3. The highest BCUT2D eigenvalue weighted by Crippen LogP contribution is 2.00. The minimum atomic E-state index is -1.03. The molecule has 3 N–H and O–H groups in total. The number of carboxylic acids is 1. The summed E-state index contributed by atoms with van der Waals surface area (Å²) >= 11 is 6.79. The van der Waals surface area contributed by atoms with E-state index in [9.17, 15) is 9.59 Å². The normalized spacial score (nSPS) is 12.4. The molecule has 0 aliphatic carbocycles. The minimum absolute atomic E-state index is 0.268. The Balaban J connectivity index is 3.97. The fourth-order valence-electron chi connectivity index (χ4n) is 0.899. The van der Waals surface area contributed by atoms with Crippen LogP contribution in [0.15, 0.2) is 11.6 Å². The number of carbonyl (C=O) groups is 2. The lowest BCUT2D eigenvalue weighted by molar-refractivity contribution is -0.139. The molecule has 0 spiro atoms. The van der Waals surface area contributed by atoms with Crippen molar-refractivity contribution in [3.63, 3.8) is 0 Å². The van der Waals surface area contributed by atoms with Gasteiger partial charge in [0, 0.05) is 12.1 Å². The lowest BCUT2D eigenvalue weighted by atomic mass is 10.2. The van der Waals surface area contributed by atoms with Crippen LogP contribution in [0.2, 0.25) is 0 Å². The Morgan fingerprint density at radius 1 is 1.56 bits per heavy atom. The molecule has 0 bridgehead atoms. The Bertz CT molecular complexity index is 261. The lowest BCUT2D eigenvalue weighted by Gasteiger charge is -2.13. The molecule has 0 aliphatic rings. The highest BCUT2D eigenvalue weighted by molar-refractivity contribution is 7.98. The van der Waals surface area contributed by atoms with E-state index in [2.05, 4.69) is 10.6 Å². The fraction of sp³-hybridized carbons (Fsp3) is 0.556. The maximum atomic E-state index is 11.2. The highest BCUT2D eigenvalue weighted by Gasteiger charge is 2.18. The summed E-state index contributed by atoms with van der Waals surface area (Å²) in [6, 6.07) is -1.37. The number of halogens is 1. The molecule has 1 unspecified atom stereocenters. The number of amides is 2. The fourth-order valence-corrected chi connectivity index (χ4v) is 1.46. The Hall–Kier alpha value is -0.880. The molecule has 0 aromatic carbocycles. The zero-order valence-electron chi connectivity index (χ0n) is 8.90. The Morgan fingerprint density at radius 3 is 2.75 bits per heavy atom. The Kier molecular flexibility index (Phi) is 8.84. The third-order valence-electron chi connectivity index (χ3n) is 1.68. The largest absolute Gasteiger partial charge is 0.480 e. The van der Waals surface area contributed by atoms with E-state index in [-0.39, 0.29) is 6.54 Å². The molecule has 2 amide bonds.